The number of rotatable bonds is 0. The van der Waals surface area contributed by atoms with E-state index in [1.54, 1.807) is 0 Å². The zero-order valence-corrected chi connectivity index (χ0v) is 15.5. The molecule has 1 heteroatoms. The van der Waals surface area contributed by atoms with E-state index in [1.807, 2.05) is 0 Å². The molecule has 2 atom stereocenters. The van der Waals surface area contributed by atoms with Gasteiger partial charge in [-0.15, -0.1) is 0 Å². The summed E-state index contributed by atoms with van der Waals surface area (Å²) in [6.45, 7) is 6.86. The van der Waals surface area contributed by atoms with Gasteiger partial charge >= 0.3 is 0 Å². The Hall–Kier alpha value is -1.89. The smallest absolute Gasteiger partial charge is 0.144 e. The van der Waals surface area contributed by atoms with Crippen molar-refractivity contribution in [2.75, 3.05) is 0 Å². The number of fused-ring (bicyclic) bond motifs is 5. The molecule has 0 amide bonds. The summed E-state index contributed by atoms with van der Waals surface area (Å²) in [6, 6.07) is 11.3. The Morgan fingerprint density at radius 1 is 1.08 bits per heavy atom. The molecular weight excluding hydrogens is 304 g/mol. The number of carbonyl (C=O) groups excluding carboxylic acids is 1. The number of hydrogen-bond donors (Lipinski definition) is 0. The van der Waals surface area contributed by atoms with Crippen molar-refractivity contribution in [2.45, 2.75) is 58.3 Å². The molecule has 1 spiro atoms. The van der Waals surface area contributed by atoms with Crippen LogP contribution in [0.25, 0.3) is 10.8 Å². The highest BCUT2D eigenvalue weighted by Gasteiger charge is 2.53. The van der Waals surface area contributed by atoms with Gasteiger partial charge in [-0.1, -0.05) is 62.8 Å². The van der Waals surface area contributed by atoms with Crippen LogP contribution in [0.15, 0.2) is 42.0 Å². The third-order valence-electron chi connectivity index (χ3n) is 6.94. The Balaban J connectivity index is 1.67. The summed E-state index contributed by atoms with van der Waals surface area (Å²) in [5.74, 6) is 1.07. The lowest BCUT2D eigenvalue weighted by atomic mass is 9.63. The highest BCUT2D eigenvalue weighted by molar-refractivity contribution is 5.94. The molecule has 2 aromatic rings. The minimum absolute atomic E-state index is 0.0819. The Morgan fingerprint density at radius 3 is 2.60 bits per heavy atom. The first-order valence-electron chi connectivity index (χ1n) is 9.63. The third-order valence-corrected chi connectivity index (χ3v) is 6.94. The van der Waals surface area contributed by atoms with Gasteiger partial charge in [0.25, 0.3) is 0 Å². The standard InChI is InChI=1S/C24H26O/c1-23(2,3)21-6-4-5-16-10-17-12-22(25)24(14-18(17)11-20(16)21)13-15-7-8-19(24)9-15/h4-7,10-11,19H,8-9,12-14H2,1-3H3. The molecular formula is C24H26O. The van der Waals surface area contributed by atoms with Gasteiger partial charge in [0.2, 0.25) is 0 Å². The zero-order chi connectivity index (χ0) is 17.4. The predicted molar refractivity (Wildman–Crippen MR) is 103 cm³/mol. The first-order valence-corrected chi connectivity index (χ1v) is 9.63. The van der Waals surface area contributed by atoms with Crippen molar-refractivity contribution >= 4 is 16.6 Å². The molecule has 0 N–H and O–H groups in total. The van der Waals surface area contributed by atoms with Gasteiger partial charge in [0.15, 0.2) is 0 Å². The molecule has 0 aromatic heterocycles. The van der Waals surface area contributed by atoms with E-state index < -0.39 is 0 Å². The van der Waals surface area contributed by atoms with Crippen molar-refractivity contribution < 1.29 is 4.79 Å². The molecule has 2 unspecified atom stereocenters. The van der Waals surface area contributed by atoms with Crippen LogP contribution in [0.1, 0.15) is 56.7 Å². The van der Waals surface area contributed by atoms with Crippen molar-refractivity contribution in [3.05, 3.63) is 58.7 Å². The van der Waals surface area contributed by atoms with Gasteiger partial charge in [-0.2, -0.15) is 0 Å². The Morgan fingerprint density at radius 2 is 1.92 bits per heavy atom. The Labute approximate surface area is 150 Å². The summed E-state index contributed by atoms with van der Waals surface area (Å²) < 4.78 is 0. The first kappa shape index (κ1) is 15.4. The maximum absolute atomic E-state index is 13.1. The van der Waals surface area contributed by atoms with E-state index in [0.29, 0.717) is 18.1 Å². The quantitative estimate of drug-likeness (QED) is 0.580. The number of Topliss-reactive ketones (excluding diaryl/α,β-unsaturated/α-hetero) is 1. The van der Waals surface area contributed by atoms with Crippen molar-refractivity contribution in [2.24, 2.45) is 11.3 Å². The van der Waals surface area contributed by atoms with Crippen LogP contribution in [-0.2, 0) is 23.1 Å². The Kier molecular flexibility index (Phi) is 2.98. The fourth-order valence-corrected chi connectivity index (χ4v) is 5.63. The van der Waals surface area contributed by atoms with E-state index in [2.05, 4.69) is 57.2 Å². The summed E-state index contributed by atoms with van der Waals surface area (Å²) in [4.78, 5) is 13.1. The monoisotopic (exact) mass is 330 g/mol. The third kappa shape index (κ3) is 2.11. The number of benzene rings is 2. The SMILES string of the molecule is CC(C)(C)c1cccc2cc3c(cc12)CC1(CC2=CCC1C2)C(=O)C3. The lowest BCUT2D eigenvalue weighted by Crippen LogP contribution is -2.42. The zero-order valence-electron chi connectivity index (χ0n) is 15.5. The second kappa shape index (κ2) is 4.84. The van der Waals surface area contributed by atoms with E-state index >= 15 is 0 Å². The van der Waals surface area contributed by atoms with Crippen LogP contribution >= 0.6 is 0 Å². The highest BCUT2D eigenvalue weighted by atomic mass is 16.1. The van der Waals surface area contributed by atoms with Gasteiger partial charge in [0, 0.05) is 11.8 Å². The summed E-state index contributed by atoms with van der Waals surface area (Å²) in [5, 5.41) is 2.66. The molecule has 25 heavy (non-hydrogen) atoms. The van der Waals surface area contributed by atoms with Gasteiger partial charge < -0.3 is 0 Å². The lowest BCUT2D eigenvalue weighted by molar-refractivity contribution is -0.131. The second-order valence-electron chi connectivity index (χ2n) is 9.51. The van der Waals surface area contributed by atoms with Crippen LogP contribution in [0.4, 0.5) is 0 Å². The molecule has 128 valence electrons. The molecule has 0 aliphatic heterocycles. The van der Waals surface area contributed by atoms with Crippen molar-refractivity contribution in [1.82, 2.24) is 0 Å². The van der Waals surface area contributed by atoms with Crippen molar-refractivity contribution in [3.8, 4) is 0 Å². The fraction of sp³-hybridized carbons (Fsp3) is 0.458. The molecule has 1 nitrogen and oxygen atoms in total. The lowest BCUT2D eigenvalue weighted by Gasteiger charge is -2.39. The van der Waals surface area contributed by atoms with E-state index in [0.717, 1.165) is 19.3 Å². The molecule has 0 radical (unpaired) electrons. The van der Waals surface area contributed by atoms with Crippen LogP contribution in [0.5, 0.6) is 0 Å². The number of carbonyl (C=O) groups is 1. The number of hydrogen-bond acceptors (Lipinski definition) is 1. The molecule has 3 aliphatic carbocycles. The molecule has 1 fully saturated rings. The Bertz CT molecular complexity index is 940. The number of allylic oxidation sites excluding steroid dienone is 2. The summed E-state index contributed by atoms with van der Waals surface area (Å²) in [5.41, 5.74) is 5.70. The molecule has 0 saturated heterocycles. The maximum Gasteiger partial charge on any atom is 0.144 e. The normalized spacial score (nSPS) is 27.9. The van der Waals surface area contributed by atoms with Gasteiger partial charge in [-0.3, -0.25) is 4.79 Å². The largest absolute Gasteiger partial charge is 0.299 e. The van der Waals surface area contributed by atoms with Crippen molar-refractivity contribution in [3.63, 3.8) is 0 Å². The molecule has 3 aliphatic rings. The summed E-state index contributed by atoms with van der Waals surface area (Å²) in [7, 11) is 0. The topological polar surface area (TPSA) is 17.1 Å². The summed E-state index contributed by atoms with van der Waals surface area (Å²) in [6.07, 6.45) is 7.29. The minimum atomic E-state index is -0.0819. The highest BCUT2D eigenvalue weighted by Crippen LogP contribution is 2.57. The predicted octanol–water partition coefficient (Wildman–Crippen LogP) is 5.53. The first-order chi connectivity index (χ1) is 11.9. The maximum atomic E-state index is 13.1. The van der Waals surface area contributed by atoms with Crippen LogP contribution in [0.3, 0.4) is 0 Å². The van der Waals surface area contributed by atoms with Crippen LogP contribution < -0.4 is 0 Å². The second-order valence-corrected chi connectivity index (χ2v) is 9.51. The van der Waals surface area contributed by atoms with Crippen LogP contribution in [0.2, 0.25) is 0 Å². The fourth-order valence-electron chi connectivity index (χ4n) is 5.63. The molecule has 2 aromatic carbocycles. The molecule has 5 rings (SSSR count). The van der Waals surface area contributed by atoms with E-state index in [4.69, 9.17) is 0 Å². The minimum Gasteiger partial charge on any atom is -0.299 e. The average Bonchev–Trinajstić information content (AvgIpc) is 3.14. The molecule has 1 saturated carbocycles. The average molecular weight is 330 g/mol. The molecule has 0 heterocycles. The summed E-state index contributed by atoms with van der Waals surface area (Å²) >= 11 is 0. The van der Waals surface area contributed by atoms with Crippen LogP contribution in [-0.4, -0.2) is 5.78 Å². The molecule has 2 bridgehead atoms. The van der Waals surface area contributed by atoms with Crippen LogP contribution in [0, 0.1) is 11.3 Å². The van der Waals surface area contributed by atoms with E-state index in [9.17, 15) is 4.79 Å². The van der Waals surface area contributed by atoms with Gasteiger partial charge in [0.05, 0.1) is 0 Å². The number of ketones is 1. The van der Waals surface area contributed by atoms with Gasteiger partial charge in [0.1, 0.15) is 5.78 Å². The van der Waals surface area contributed by atoms with Gasteiger partial charge in [-0.05, 0) is 64.5 Å². The van der Waals surface area contributed by atoms with E-state index in [1.165, 1.54) is 39.5 Å². The van der Waals surface area contributed by atoms with E-state index in [-0.39, 0.29) is 10.8 Å². The van der Waals surface area contributed by atoms with Gasteiger partial charge in [-0.25, -0.2) is 0 Å². The van der Waals surface area contributed by atoms with Crippen molar-refractivity contribution in [1.29, 1.82) is 0 Å².